The second-order valence-corrected chi connectivity index (χ2v) is 6.28. The number of hydrogen-bond donors (Lipinski definition) is 1. The molecular formula is C15H8Cl5NO. The summed E-state index contributed by atoms with van der Waals surface area (Å²) in [5.74, 6) is -0.369. The summed E-state index contributed by atoms with van der Waals surface area (Å²) >= 11 is 29.4. The normalized spacial score (nSPS) is 11.0. The van der Waals surface area contributed by atoms with E-state index in [9.17, 15) is 4.79 Å². The van der Waals surface area contributed by atoms with Crippen molar-refractivity contribution in [3.8, 4) is 0 Å². The Kier molecular flexibility index (Phi) is 6.01. The highest BCUT2D eigenvalue weighted by Crippen LogP contribution is 2.32. The fraction of sp³-hybridized carbons (Fsp3) is 0. The molecule has 1 N–H and O–H groups in total. The van der Waals surface area contributed by atoms with Crippen molar-refractivity contribution in [2.24, 2.45) is 0 Å². The average molecular weight is 396 g/mol. The van der Waals surface area contributed by atoms with E-state index >= 15 is 0 Å². The summed E-state index contributed by atoms with van der Waals surface area (Å²) in [7, 11) is 0. The first kappa shape index (κ1) is 17.5. The smallest absolute Gasteiger partial charge is 0.248 e. The van der Waals surface area contributed by atoms with Gasteiger partial charge in [0, 0.05) is 6.08 Å². The second-order valence-electron chi connectivity index (χ2n) is 4.24. The zero-order chi connectivity index (χ0) is 16.3. The molecule has 0 heterocycles. The summed E-state index contributed by atoms with van der Waals surface area (Å²) in [5, 5.41) is 4.39. The number of carbonyl (C=O) groups excluding carboxylic acids is 1. The van der Waals surface area contributed by atoms with Gasteiger partial charge in [-0.25, -0.2) is 0 Å². The first-order valence-corrected chi connectivity index (χ1v) is 7.84. The van der Waals surface area contributed by atoms with Crippen molar-refractivity contribution in [2.45, 2.75) is 0 Å². The van der Waals surface area contributed by atoms with Gasteiger partial charge in [-0.2, -0.15) is 0 Å². The Morgan fingerprint density at radius 3 is 2.14 bits per heavy atom. The maximum absolute atomic E-state index is 11.9. The Labute approximate surface area is 152 Å². The minimum atomic E-state index is -0.369. The Bertz CT molecular complexity index is 758. The molecule has 0 unspecified atom stereocenters. The van der Waals surface area contributed by atoms with Gasteiger partial charge >= 0.3 is 0 Å². The van der Waals surface area contributed by atoms with E-state index in [4.69, 9.17) is 58.0 Å². The topological polar surface area (TPSA) is 29.1 Å². The number of amides is 1. The molecule has 2 rings (SSSR count). The van der Waals surface area contributed by atoms with E-state index in [-0.39, 0.29) is 5.91 Å². The van der Waals surface area contributed by atoms with Gasteiger partial charge < -0.3 is 5.32 Å². The predicted molar refractivity (Wildman–Crippen MR) is 95.6 cm³/mol. The molecule has 0 aliphatic heterocycles. The molecule has 1 amide bonds. The van der Waals surface area contributed by atoms with Crippen molar-refractivity contribution in [3.05, 3.63) is 67.1 Å². The van der Waals surface area contributed by atoms with E-state index in [1.54, 1.807) is 24.3 Å². The zero-order valence-corrected chi connectivity index (χ0v) is 14.6. The van der Waals surface area contributed by atoms with Gasteiger partial charge in [0.2, 0.25) is 5.91 Å². The highest BCUT2D eigenvalue weighted by molar-refractivity contribution is 6.44. The molecule has 0 saturated carbocycles. The van der Waals surface area contributed by atoms with Crippen molar-refractivity contribution in [1.82, 2.24) is 0 Å². The minimum Gasteiger partial charge on any atom is -0.321 e. The molecule has 0 aromatic heterocycles. The van der Waals surface area contributed by atoms with Crippen LogP contribution in [0.5, 0.6) is 0 Å². The van der Waals surface area contributed by atoms with Gasteiger partial charge in [-0.3, -0.25) is 4.79 Å². The highest BCUT2D eigenvalue weighted by Gasteiger charge is 2.07. The fourth-order valence-electron chi connectivity index (χ4n) is 1.58. The molecule has 0 saturated heterocycles. The van der Waals surface area contributed by atoms with Gasteiger partial charge in [0.1, 0.15) is 0 Å². The van der Waals surface area contributed by atoms with Gasteiger partial charge in [-0.05, 0) is 35.9 Å². The Morgan fingerprint density at radius 1 is 0.818 bits per heavy atom. The third kappa shape index (κ3) is 4.55. The van der Waals surface area contributed by atoms with Crippen LogP contribution < -0.4 is 5.32 Å². The number of anilines is 1. The highest BCUT2D eigenvalue weighted by atomic mass is 35.5. The van der Waals surface area contributed by atoms with Crippen LogP contribution in [-0.2, 0) is 4.79 Å². The van der Waals surface area contributed by atoms with Crippen LogP contribution in [0.2, 0.25) is 25.1 Å². The number of nitrogens with one attached hydrogen (secondary N) is 1. The fourth-order valence-corrected chi connectivity index (χ4v) is 2.48. The number of benzene rings is 2. The molecule has 7 heteroatoms. The van der Waals surface area contributed by atoms with E-state index < -0.39 is 0 Å². The maximum Gasteiger partial charge on any atom is 0.248 e. The first-order valence-electron chi connectivity index (χ1n) is 5.95. The molecule has 0 spiro atoms. The van der Waals surface area contributed by atoms with Crippen LogP contribution in [0.4, 0.5) is 5.69 Å². The van der Waals surface area contributed by atoms with Gasteiger partial charge in [0.15, 0.2) is 0 Å². The van der Waals surface area contributed by atoms with E-state index in [1.165, 1.54) is 18.2 Å². The van der Waals surface area contributed by atoms with E-state index in [0.29, 0.717) is 30.8 Å². The molecule has 0 aliphatic carbocycles. The number of rotatable bonds is 3. The van der Waals surface area contributed by atoms with E-state index in [1.807, 2.05) is 0 Å². The molecule has 0 fully saturated rings. The molecule has 0 bridgehead atoms. The molecule has 2 aromatic carbocycles. The van der Waals surface area contributed by atoms with Crippen LogP contribution in [0.3, 0.4) is 0 Å². The molecule has 22 heavy (non-hydrogen) atoms. The van der Waals surface area contributed by atoms with Crippen molar-refractivity contribution < 1.29 is 4.79 Å². The maximum atomic E-state index is 11.9. The molecule has 0 radical (unpaired) electrons. The Balaban J connectivity index is 2.11. The van der Waals surface area contributed by atoms with Crippen LogP contribution in [0.25, 0.3) is 6.08 Å². The van der Waals surface area contributed by atoms with Gasteiger partial charge in [0.25, 0.3) is 0 Å². The lowest BCUT2D eigenvalue weighted by atomic mass is 10.2. The van der Waals surface area contributed by atoms with Crippen LogP contribution in [-0.4, -0.2) is 5.91 Å². The van der Waals surface area contributed by atoms with Crippen LogP contribution in [0, 0.1) is 0 Å². The van der Waals surface area contributed by atoms with Crippen molar-refractivity contribution in [2.75, 3.05) is 5.32 Å². The largest absolute Gasteiger partial charge is 0.321 e. The van der Waals surface area contributed by atoms with E-state index in [0.717, 1.165) is 5.56 Å². The number of carbonyl (C=O) groups is 1. The lowest BCUT2D eigenvalue weighted by Crippen LogP contribution is -2.08. The lowest BCUT2D eigenvalue weighted by Gasteiger charge is -2.06. The quantitative estimate of drug-likeness (QED) is 0.460. The van der Waals surface area contributed by atoms with Gasteiger partial charge in [-0.1, -0.05) is 64.1 Å². The molecule has 114 valence electrons. The minimum absolute atomic E-state index is 0.297. The van der Waals surface area contributed by atoms with E-state index in [2.05, 4.69) is 5.32 Å². The monoisotopic (exact) mass is 393 g/mol. The molecule has 2 nitrogen and oxygen atoms in total. The lowest BCUT2D eigenvalue weighted by molar-refractivity contribution is -0.111. The second kappa shape index (κ2) is 7.58. The third-order valence-electron chi connectivity index (χ3n) is 2.64. The molecule has 2 aromatic rings. The summed E-state index contributed by atoms with van der Waals surface area (Å²) in [4.78, 5) is 11.9. The van der Waals surface area contributed by atoms with Crippen LogP contribution in [0.1, 0.15) is 5.56 Å². The van der Waals surface area contributed by atoms with Crippen molar-refractivity contribution in [1.29, 1.82) is 0 Å². The first-order chi connectivity index (χ1) is 10.4. The van der Waals surface area contributed by atoms with Crippen LogP contribution >= 0.6 is 58.0 Å². The van der Waals surface area contributed by atoms with Gasteiger partial charge in [0.05, 0.1) is 30.8 Å². The summed E-state index contributed by atoms with van der Waals surface area (Å²) in [6.45, 7) is 0. The predicted octanol–water partition coefficient (Wildman–Crippen LogP) is 6.61. The van der Waals surface area contributed by atoms with Crippen LogP contribution in [0.15, 0.2) is 36.4 Å². The summed E-state index contributed by atoms with van der Waals surface area (Å²) in [6, 6.07) is 7.99. The van der Waals surface area contributed by atoms with Crippen molar-refractivity contribution in [3.63, 3.8) is 0 Å². The van der Waals surface area contributed by atoms with Crippen molar-refractivity contribution >= 4 is 75.7 Å². The zero-order valence-electron chi connectivity index (χ0n) is 10.8. The number of halogens is 5. The molecule has 0 aliphatic rings. The summed E-state index contributed by atoms with van der Waals surface area (Å²) in [5.41, 5.74) is 1.12. The Morgan fingerprint density at radius 2 is 1.45 bits per heavy atom. The van der Waals surface area contributed by atoms with Gasteiger partial charge in [-0.15, -0.1) is 0 Å². The molecular weight excluding hydrogens is 387 g/mol. The molecule has 0 atom stereocenters. The SMILES string of the molecule is O=C(C=Cc1ccc(Cl)c(Cl)c1)Nc1cc(Cl)c(Cl)cc1Cl. The summed E-state index contributed by atoms with van der Waals surface area (Å²) in [6.07, 6.45) is 2.95. The third-order valence-corrected chi connectivity index (χ3v) is 4.41. The number of hydrogen-bond acceptors (Lipinski definition) is 1. The summed E-state index contributed by atoms with van der Waals surface area (Å²) < 4.78 is 0. The standard InChI is InChI=1S/C15H8Cl5NO/c16-9-3-1-8(5-10(9)17)2-4-15(22)21-14-7-12(19)11(18)6-13(14)20/h1-7H,(H,21,22). The average Bonchev–Trinajstić information content (AvgIpc) is 2.46. The Hall–Kier alpha value is -0.900.